The third-order valence-corrected chi connectivity index (χ3v) is 7.53. The van der Waals surface area contributed by atoms with Gasteiger partial charge < -0.3 is 29.6 Å². The van der Waals surface area contributed by atoms with Crippen molar-refractivity contribution in [3.05, 3.63) is 23.8 Å². The average Bonchev–Trinajstić information content (AvgIpc) is 3.49. The first kappa shape index (κ1) is 23.2. The highest BCUT2D eigenvalue weighted by Gasteiger charge is 2.37. The molecule has 2 N–H and O–H groups in total. The number of nitrogens with one attached hydrogen (secondary N) is 2. The van der Waals surface area contributed by atoms with Crippen molar-refractivity contribution in [1.82, 2.24) is 10.6 Å². The van der Waals surface area contributed by atoms with Crippen molar-refractivity contribution in [3.8, 4) is 11.5 Å². The van der Waals surface area contributed by atoms with E-state index < -0.39 is 0 Å². The van der Waals surface area contributed by atoms with E-state index in [-0.39, 0.29) is 5.41 Å². The molecular weight excluding hydrogens is 406 g/mol. The molecule has 1 saturated carbocycles. The summed E-state index contributed by atoms with van der Waals surface area (Å²) in [5, 5.41) is 7.27. The fraction of sp³-hybridized carbons (Fsp3) is 0.720. The summed E-state index contributed by atoms with van der Waals surface area (Å²) in [6.45, 7) is 7.29. The summed E-state index contributed by atoms with van der Waals surface area (Å²) in [7, 11) is 1.86. The van der Waals surface area contributed by atoms with Crippen molar-refractivity contribution in [2.75, 3.05) is 53.4 Å². The maximum absolute atomic E-state index is 5.71. The van der Waals surface area contributed by atoms with Crippen LogP contribution >= 0.6 is 0 Å². The van der Waals surface area contributed by atoms with Gasteiger partial charge >= 0.3 is 0 Å². The van der Waals surface area contributed by atoms with Gasteiger partial charge in [-0.1, -0.05) is 18.9 Å². The largest absolute Gasteiger partial charge is 0.454 e. The molecule has 2 fully saturated rings. The van der Waals surface area contributed by atoms with Gasteiger partial charge in [-0.25, -0.2) is 0 Å². The average molecular weight is 446 g/mol. The molecule has 3 aliphatic rings. The number of hydrogen-bond acceptors (Lipinski definition) is 5. The minimum Gasteiger partial charge on any atom is -0.454 e. The van der Waals surface area contributed by atoms with Crippen LogP contribution in [0.25, 0.3) is 0 Å². The van der Waals surface area contributed by atoms with Gasteiger partial charge in [0.05, 0.1) is 0 Å². The van der Waals surface area contributed by atoms with Crippen molar-refractivity contribution in [1.29, 1.82) is 0 Å². The Labute approximate surface area is 192 Å². The number of nitrogens with zero attached hydrogens (tertiary/aromatic N) is 1. The molecule has 4 rings (SSSR count). The molecule has 0 amide bonds. The van der Waals surface area contributed by atoms with Crippen molar-refractivity contribution < 1.29 is 18.9 Å². The molecule has 178 valence electrons. The van der Waals surface area contributed by atoms with E-state index in [9.17, 15) is 0 Å². The molecule has 0 atom stereocenters. The number of aliphatic imine (C=N–C) groups is 1. The van der Waals surface area contributed by atoms with Gasteiger partial charge in [0.25, 0.3) is 0 Å². The SMILES string of the molecule is CCOCCC1(CNC(=NC)NCC2(c3ccc4c(c3)OCO4)CCOCC2)CCCC1. The molecule has 32 heavy (non-hydrogen) atoms. The normalized spacial score (nSPS) is 21.5. The molecule has 1 aromatic rings. The van der Waals surface area contributed by atoms with E-state index in [1.54, 1.807) is 0 Å². The quantitative estimate of drug-likeness (QED) is 0.344. The Balaban J connectivity index is 1.39. The number of benzene rings is 1. The zero-order valence-electron chi connectivity index (χ0n) is 19.7. The summed E-state index contributed by atoms with van der Waals surface area (Å²) in [6.07, 6.45) is 8.21. The molecule has 0 bridgehead atoms. The number of guanidine groups is 1. The van der Waals surface area contributed by atoms with Crippen LogP contribution in [0.3, 0.4) is 0 Å². The number of rotatable bonds is 9. The van der Waals surface area contributed by atoms with E-state index in [1.165, 1.54) is 31.2 Å². The lowest BCUT2D eigenvalue weighted by molar-refractivity contribution is 0.0513. The Morgan fingerprint density at radius 3 is 2.53 bits per heavy atom. The second-order valence-electron chi connectivity index (χ2n) is 9.39. The zero-order valence-corrected chi connectivity index (χ0v) is 19.7. The smallest absolute Gasteiger partial charge is 0.231 e. The zero-order chi connectivity index (χ0) is 22.3. The topological polar surface area (TPSA) is 73.3 Å². The molecule has 2 aliphatic heterocycles. The van der Waals surface area contributed by atoms with E-state index in [1.807, 2.05) is 13.1 Å². The van der Waals surface area contributed by atoms with Crippen molar-refractivity contribution in [2.45, 2.75) is 57.3 Å². The summed E-state index contributed by atoms with van der Waals surface area (Å²) in [6, 6.07) is 6.36. The second-order valence-corrected chi connectivity index (χ2v) is 9.39. The highest BCUT2D eigenvalue weighted by atomic mass is 16.7. The molecule has 0 unspecified atom stereocenters. The van der Waals surface area contributed by atoms with Crippen LogP contribution in [0.15, 0.2) is 23.2 Å². The fourth-order valence-corrected chi connectivity index (χ4v) is 5.37. The molecule has 7 nitrogen and oxygen atoms in total. The predicted octanol–water partition coefficient (Wildman–Crippen LogP) is 3.62. The van der Waals surface area contributed by atoms with E-state index in [0.29, 0.717) is 12.2 Å². The standard InChI is InChI=1S/C25H39N3O4/c1-3-29-13-10-24(8-4-5-9-24)17-27-23(26-2)28-18-25(11-14-30-15-12-25)20-6-7-21-22(16-20)32-19-31-21/h6-7,16H,3-5,8-15,17-19H2,1-2H3,(H2,26,27,28). The van der Waals surface area contributed by atoms with E-state index in [0.717, 1.165) is 76.2 Å². The maximum atomic E-state index is 5.71. The molecule has 1 aromatic carbocycles. The van der Waals surface area contributed by atoms with Gasteiger partial charge in [-0.05, 0) is 62.1 Å². The van der Waals surface area contributed by atoms with Gasteiger partial charge in [-0.2, -0.15) is 0 Å². The molecule has 0 radical (unpaired) electrons. The summed E-state index contributed by atoms with van der Waals surface area (Å²) >= 11 is 0. The van der Waals surface area contributed by atoms with Crippen LogP contribution < -0.4 is 20.1 Å². The Kier molecular flexibility index (Phi) is 7.79. The first-order valence-electron chi connectivity index (χ1n) is 12.2. The molecule has 0 aromatic heterocycles. The maximum Gasteiger partial charge on any atom is 0.231 e. The summed E-state index contributed by atoms with van der Waals surface area (Å²) < 4.78 is 22.5. The van der Waals surface area contributed by atoms with Crippen LogP contribution in [0.4, 0.5) is 0 Å². The summed E-state index contributed by atoms with van der Waals surface area (Å²) in [4.78, 5) is 4.53. The van der Waals surface area contributed by atoms with Crippen molar-refractivity contribution in [2.24, 2.45) is 10.4 Å². The lowest BCUT2D eigenvalue weighted by Crippen LogP contribution is -2.49. The van der Waals surface area contributed by atoms with Gasteiger partial charge in [0, 0.05) is 52.0 Å². The third kappa shape index (κ3) is 5.31. The number of fused-ring (bicyclic) bond motifs is 1. The van der Waals surface area contributed by atoms with Crippen LogP contribution in [0.2, 0.25) is 0 Å². The van der Waals surface area contributed by atoms with E-state index in [4.69, 9.17) is 18.9 Å². The Morgan fingerprint density at radius 1 is 1.03 bits per heavy atom. The van der Waals surface area contributed by atoms with Gasteiger partial charge in [-0.15, -0.1) is 0 Å². The van der Waals surface area contributed by atoms with Crippen LogP contribution in [0.5, 0.6) is 11.5 Å². The molecule has 7 heteroatoms. The minimum absolute atomic E-state index is 0.0170. The lowest BCUT2D eigenvalue weighted by atomic mass is 9.74. The predicted molar refractivity (Wildman–Crippen MR) is 126 cm³/mol. The van der Waals surface area contributed by atoms with Crippen molar-refractivity contribution >= 4 is 5.96 Å². The second kappa shape index (κ2) is 10.8. The van der Waals surface area contributed by atoms with Crippen molar-refractivity contribution in [3.63, 3.8) is 0 Å². The van der Waals surface area contributed by atoms with Gasteiger partial charge in [-0.3, -0.25) is 4.99 Å². The highest BCUT2D eigenvalue weighted by Crippen LogP contribution is 2.41. The summed E-state index contributed by atoms with van der Waals surface area (Å²) in [5.74, 6) is 2.54. The van der Waals surface area contributed by atoms with Gasteiger partial charge in [0.15, 0.2) is 17.5 Å². The van der Waals surface area contributed by atoms with E-state index in [2.05, 4.69) is 34.7 Å². The molecule has 1 saturated heterocycles. The van der Waals surface area contributed by atoms with E-state index >= 15 is 0 Å². The molecule has 1 aliphatic carbocycles. The van der Waals surface area contributed by atoms with Crippen LogP contribution in [0, 0.1) is 5.41 Å². The highest BCUT2D eigenvalue weighted by molar-refractivity contribution is 5.79. The summed E-state index contributed by atoms with van der Waals surface area (Å²) in [5.41, 5.74) is 1.58. The van der Waals surface area contributed by atoms with Crippen LogP contribution in [-0.4, -0.2) is 59.3 Å². The number of hydrogen-bond donors (Lipinski definition) is 2. The molecule has 0 spiro atoms. The monoisotopic (exact) mass is 445 g/mol. The first-order chi connectivity index (χ1) is 15.7. The molecule has 2 heterocycles. The van der Waals surface area contributed by atoms with Crippen LogP contribution in [-0.2, 0) is 14.9 Å². The Bertz CT molecular complexity index is 770. The first-order valence-corrected chi connectivity index (χ1v) is 12.2. The molecular formula is C25H39N3O4. The Hall–Kier alpha value is -1.99. The lowest BCUT2D eigenvalue weighted by Gasteiger charge is -2.38. The minimum atomic E-state index is -0.0170. The Morgan fingerprint density at radius 2 is 1.78 bits per heavy atom. The van der Waals surface area contributed by atoms with Gasteiger partial charge in [0.1, 0.15) is 0 Å². The fourth-order valence-electron chi connectivity index (χ4n) is 5.37. The third-order valence-electron chi connectivity index (χ3n) is 7.53. The number of ether oxygens (including phenoxy) is 4. The van der Waals surface area contributed by atoms with Gasteiger partial charge in [0.2, 0.25) is 6.79 Å². The van der Waals surface area contributed by atoms with Crippen LogP contribution in [0.1, 0.15) is 57.4 Å².